The normalized spacial score (nSPS) is 16.3. The van der Waals surface area contributed by atoms with Crippen LogP contribution in [0.4, 0.5) is 0 Å². The van der Waals surface area contributed by atoms with Crippen molar-refractivity contribution < 1.29 is 14.3 Å². The zero-order valence-electron chi connectivity index (χ0n) is 16.0. The molecule has 5 heteroatoms. The van der Waals surface area contributed by atoms with Crippen molar-refractivity contribution in [1.82, 2.24) is 4.90 Å². The summed E-state index contributed by atoms with van der Waals surface area (Å²) in [5.41, 5.74) is 0.873. The van der Waals surface area contributed by atoms with Crippen molar-refractivity contribution in [2.24, 2.45) is 5.41 Å². The minimum atomic E-state index is -0.429. The molecular formula is C21H31NO3S. The number of benzene rings is 1. The van der Waals surface area contributed by atoms with Crippen LogP contribution in [0.5, 0.6) is 0 Å². The Labute approximate surface area is 161 Å². The monoisotopic (exact) mass is 377 g/mol. The standard InChI is InChI=1S/C21H31NO3S/c1-3-25-20(24)21(12-7-10-18-8-5-4-6-9-18)13-15-22(16-14-21)19(23)11-17-26-2/h4-6,8-9H,3,7,10-17H2,1-2H3. The molecule has 1 aromatic rings. The fraction of sp³-hybridized carbons (Fsp3) is 0.619. The molecule has 4 nitrogen and oxygen atoms in total. The van der Waals surface area contributed by atoms with Crippen LogP contribution in [-0.4, -0.2) is 48.5 Å². The average Bonchev–Trinajstić information content (AvgIpc) is 2.67. The molecule has 144 valence electrons. The van der Waals surface area contributed by atoms with Crippen LogP contribution < -0.4 is 0 Å². The third kappa shape index (κ3) is 5.76. The van der Waals surface area contributed by atoms with Gasteiger partial charge in [0.25, 0.3) is 0 Å². The van der Waals surface area contributed by atoms with Crippen LogP contribution in [-0.2, 0) is 20.7 Å². The molecule has 1 amide bonds. The number of carbonyl (C=O) groups is 2. The second-order valence-corrected chi connectivity index (χ2v) is 7.95. The molecule has 0 saturated carbocycles. The number of ether oxygens (including phenoxy) is 1. The molecule has 1 fully saturated rings. The van der Waals surface area contributed by atoms with Crippen molar-refractivity contribution in [2.75, 3.05) is 31.7 Å². The van der Waals surface area contributed by atoms with Crippen molar-refractivity contribution in [3.63, 3.8) is 0 Å². The van der Waals surface area contributed by atoms with Crippen LogP contribution in [0.15, 0.2) is 30.3 Å². The highest BCUT2D eigenvalue weighted by Gasteiger charge is 2.42. The number of aryl methyl sites for hydroxylation is 1. The number of rotatable bonds is 9. The molecule has 0 N–H and O–H groups in total. The number of amides is 1. The van der Waals surface area contributed by atoms with Crippen LogP contribution >= 0.6 is 11.8 Å². The number of carbonyl (C=O) groups excluding carboxylic acids is 2. The first kappa shape index (κ1) is 20.8. The predicted molar refractivity (Wildman–Crippen MR) is 107 cm³/mol. The van der Waals surface area contributed by atoms with Crippen LogP contribution in [0.3, 0.4) is 0 Å². The van der Waals surface area contributed by atoms with Gasteiger partial charge in [0.1, 0.15) is 0 Å². The van der Waals surface area contributed by atoms with Gasteiger partial charge in [0.2, 0.25) is 5.91 Å². The third-order valence-electron chi connectivity index (χ3n) is 5.27. The molecule has 1 heterocycles. The summed E-state index contributed by atoms with van der Waals surface area (Å²) in [6, 6.07) is 10.4. The Morgan fingerprint density at radius 2 is 1.88 bits per heavy atom. The lowest BCUT2D eigenvalue weighted by atomic mass is 9.74. The van der Waals surface area contributed by atoms with E-state index in [4.69, 9.17) is 4.74 Å². The van der Waals surface area contributed by atoms with Gasteiger partial charge in [-0.1, -0.05) is 30.3 Å². The van der Waals surface area contributed by atoms with Crippen LogP contribution in [0.2, 0.25) is 0 Å². The van der Waals surface area contributed by atoms with Crippen LogP contribution in [0.1, 0.15) is 44.6 Å². The molecule has 0 spiro atoms. The van der Waals surface area contributed by atoms with Crippen LogP contribution in [0.25, 0.3) is 0 Å². The second-order valence-electron chi connectivity index (χ2n) is 6.96. The average molecular weight is 378 g/mol. The molecule has 2 rings (SSSR count). The van der Waals surface area contributed by atoms with Gasteiger partial charge in [-0.15, -0.1) is 0 Å². The molecule has 26 heavy (non-hydrogen) atoms. The lowest BCUT2D eigenvalue weighted by molar-refractivity contribution is -0.161. The van der Waals surface area contributed by atoms with Gasteiger partial charge >= 0.3 is 5.97 Å². The number of piperidine rings is 1. The molecule has 0 bridgehead atoms. The number of nitrogens with zero attached hydrogens (tertiary/aromatic N) is 1. The zero-order chi connectivity index (χ0) is 18.8. The Morgan fingerprint density at radius 1 is 1.19 bits per heavy atom. The Kier molecular flexibility index (Phi) is 8.49. The van der Waals surface area contributed by atoms with E-state index in [1.807, 2.05) is 24.1 Å². The maximum Gasteiger partial charge on any atom is 0.312 e. The van der Waals surface area contributed by atoms with Crippen LogP contribution in [0, 0.1) is 5.41 Å². The first-order chi connectivity index (χ1) is 12.6. The van der Waals surface area contributed by atoms with E-state index in [0.717, 1.165) is 25.0 Å². The molecule has 1 aromatic carbocycles. The summed E-state index contributed by atoms with van der Waals surface area (Å²) in [5.74, 6) is 0.987. The van der Waals surface area contributed by atoms with Crippen molar-refractivity contribution in [2.45, 2.75) is 45.4 Å². The highest BCUT2D eigenvalue weighted by molar-refractivity contribution is 7.98. The molecular weight excluding hydrogens is 346 g/mol. The van der Waals surface area contributed by atoms with Crippen molar-refractivity contribution >= 4 is 23.6 Å². The van der Waals surface area contributed by atoms with Crippen molar-refractivity contribution in [3.05, 3.63) is 35.9 Å². The van der Waals surface area contributed by atoms with Gasteiger partial charge in [-0.3, -0.25) is 9.59 Å². The van der Waals surface area contributed by atoms with Gasteiger partial charge in [0.15, 0.2) is 0 Å². The molecule has 0 aliphatic carbocycles. The lowest BCUT2D eigenvalue weighted by Gasteiger charge is -2.40. The summed E-state index contributed by atoms with van der Waals surface area (Å²) in [4.78, 5) is 26.9. The largest absolute Gasteiger partial charge is 0.466 e. The molecule has 1 aliphatic heterocycles. The van der Waals surface area contributed by atoms with Gasteiger partial charge in [0.05, 0.1) is 12.0 Å². The number of hydrogen-bond donors (Lipinski definition) is 0. The molecule has 0 unspecified atom stereocenters. The first-order valence-electron chi connectivity index (χ1n) is 9.59. The Morgan fingerprint density at radius 3 is 2.50 bits per heavy atom. The smallest absolute Gasteiger partial charge is 0.312 e. The molecule has 0 aromatic heterocycles. The minimum Gasteiger partial charge on any atom is -0.466 e. The number of esters is 1. The van der Waals surface area contributed by atoms with Gasteiger partial charge in [0, 0.05) is 25.3 Å². The van der Waals surface area contributed by atoms with Gasteiger partial charge in [-0.05, 0) is 50.8 Å². The maximum absolute atomic E-state index is 12.7. The van der Waals surface area contributed by atoms with E-state index in [1.54, 1.807) is 11.8 Å². The predicted octanol–water partition coefficient (Wildman–Crippen LogP) is 3.93. The SMILES string of the molecule is CCOC(=O)C1(CCCc2ccccc2)CCN(C(=O)CCSC)CC1. The quantitative estimate of drug-likeness (QED) is 0.612. The van der Waals surface area contributed by atoms with Crippen molar-refractivity contribution in [3.8, 4) is 0 Å². The van der Waals surface area contributed by atoms with Gasteiger partial charge in [-0.25, -0.2) is 0 Å². The Balaban J connectivity index is 1.94. The molecule has 0 radical (unpaired) electrons. The highest BCUT2D eigenvalue weighted by atomic mass is 32.2. The molecule has 0 atom stereocenters. The number of likely N-dealkylation sites (tertiary alicyclic amines) is 1. The van der Waals surface area contributed by atoms with Gasteiger partial charge in [-0.2, -0.15) is 11.8 Å². The maximum atomic E-state index is 12.7. The Bertz CT molecular complexity index is 568. The van der Waals surface area contributed by atoms with E-state index in [0.29, 0.717) is 39.0 Å². The first-order valence-corrected chi connectivity index (χ1v) is 11.0. The molecule has 1 aliphatic rings. The summed E-state index contributed by atoms with van der Waals surface area (Å²) in [6.07, 6.45) is 6.79. The van der Waals surface area contributed by atoms with E-state index in [-0.39, 0.29) is 11.9 Å². The summed E-state index contributed by atoms with van der Waals surface area (Å²) in [7, 11) is 0. The number of hydrogen-bond acceptors (Lipinski definition) is 4. The highest BCUT2D eigenvalue weighted by Crippen LogP contribution is 2.38. The number of thioether (sulfide) groups is 1. The van der Waals surface area contributed by atoms with E-state index in [9.17, 15) is 9.59 Å². The second kappa shape index (κ2) is 10.6. The summed E-state index contributed by atoms with van der Waals surface area (Å²) in [5, 5.41) is 0. The van der Waals surface area contributed by atoms with E-state index in [2.05, 4.69) is 24.3 Å². The topological polar surface area (TPSA) is 46.6 Å². The van der Waals surface area contributed by atoms with Crippen molar-refractivity contribution in [1.29, 1.82) is 0 Å². The third-order valence-corrected chi connectivity index (χ3v) is 5.88. The van der Waals surface area contributed by atoms with E-state index < -0.39 is 5.41 Å². The van der Waals surface area contributed by atoms with E-state index in [1.165, 1.54) is 5.56 Å². The minimum absolute atomic E-state index is 0.0794. The van der Waals surface area contributed by atoms with Gasteiger partial charge < -0.3 is 9.64 Å². The lowest BCUT2D eigenvalue weighted by Crippen LogP contribution is -2.47. The Hall–Kier alpha value is -1.49. The fourth-order valence-electron chi connectivity index (χ4n) is 3.65. The summed E-state index contributed by atoms with van der Waals surface area (Å²) < 4.78 is 5.40. The molecule has 1 saturated heterocycles. The van der Waals surface area contributed by atoms with E-state index >= 15 is 0 Å². The fourth-order valence-corrected chi connectivity index (χ4v) is 4.03. The zero-order valence-corrected chi connectivity index (χ0v) is 16.9. The summed E-state index contributed by atoms with van der Waals surface area (Å²) >= 11 is 1.69. The summed E-state index contributed by atoms with van der Waals surface area (Å²) in [6.45, 7) is 3.60.